The molecule has 1 aromatic rings. The van der Waals surface area contributed by atoms with E-state index in [1.807, 2.05) is 0 Å². The van der Waals surface area contributed by atoms with Crippen molar-refractivity contribution in [2.24, 2.45) is 5.73 Å². The highest BCUT2D eigenvalue weighted by molar-refractivity contribution is 7.66. The molecule has 1 saturated heterocycles. The predicted molar refractivity (Wildman–Crippen MR) is 120 cm³/mol. The van der Waals surface area contributed by atoms with E-state index in [0.29, 0.717) is 0 Å². The van der Waals surface area contributed by atoms with Crippen LogP contribution in [-0.4, -0.2) is 83.2 Å². The van der Waals surface area contributed by atoms with Crippen molar-refractivity contribution >= 4 is 35.2 Å². The van der Waals surface area contributed by atoms with E-state index in [4.69, 9.17) is 30.3 Å². The van der Waals surface area contributed by atoms with Gasteiger partial charge in [0.25, 0.3) is 0 Å². The largest absolute Gasteiger partial charge is 0.490 e. The molecule has 23 heteroatoms. The molecule has 1 aromatic heterocycles. The SMILES string of the molecule is N[C@@H](CO)C(=O)NCC#Cc1cc([N+](=O)[O-])n([C@H]2C[C@H](O)[C@@H](COP(=O)(O)OP(=O)(O)OP(=O)(O)O)O2)c1. The van der Waals surface area contributed by atoms with E-state index in [1.165, 1.54) is 6.20 Å². The number of aromatic nitrogens is 1. The van der Waals surface area contributed by atoms with Crippen molar-refractivity contribution in [3.05, 3.63) is 27.9 Å². The van der Waals surface area contributed by atoms with Gasteiger partial charge in [0.15, 0.2) is 0 Å². The van der Waals surface area contributed by atoms with Crippen molar-refractivity contribution in [1.29, 1.82) is 0 Å². The number of carbonyl (C=O) groups is 1. The van der Waals surface area contributed by atoms with E-state index >= 15 is 0 Å². The molecule has 0 aliphatic carbocycles. The van der Waals surface area contributed by atoms with Gasteiger partial charge >= 0.3 is 29.3 Å². The number of phosphoric acid groups is 3. The van der Waals surface area contributed by atoms with Crippen LogP contribution in [0.4, 0.5) is 5.82 Å². The van der Waals surface area contributed by atoms with E-state index in [0.717, 1.165) is 10.6 Å². The van der Waals surface area contributed by atoms with Gasteiger partial charge in [0, 0.05) is 6.42 Å². The van der Waals surface area contributed by atoms with Crippen molar-refractivity contribution in [1.82, 2.24) is 9.88 Å². The van der Waals surface area contributed by atoms with Crippen molar-refractivity contribution in [2.45, 2.75) is 30.9 Å². The highest BCUT2D eigenvalue weighted by Gasteiger charge is 2.44. The fraction of sp³-hybridized carbons (Fsp3) is 0.533. The summed E-state index contributed by atoms with van der Waals surface area (Å²) in [5, 5.41) is 32.8. The number of carbonyl (C=O) groups excluding carboxylic acids is 1. The number of nitrogens with zero attached hydrogens (tertiary/aromatic N) is 2. The van der Waals surface area contributed by atoms with Crippen molar-refractivity contribution in [2.75, 3.05) is 19.8 Å². The second kappa shape index (κ2) is 12.9. The zero-order valence-electron chi connectivity index (χ0n) is 18.9. The Balaban J connectivity index is 2.05. The molecule has 6 atom stereocenters. The Kier molecular flexibility index (Phi) is 10.9. The molecule has 0 aromatic carbocycles. The molecule has 2 rings (SSSR count). The Hall–Kier alpha value is -2.04. The zero-order chi connectivity index (χ0) is 28.9. The summed E-state index contributed by atoms with van der Waals surface area (Å²) in [5.74, 6) is 3.92. The first-order valence-electron chi connectivity index (χ1n) is 10.0. The molecule has 2 unspecified atom stereocenters. The van der Waals surface area contributed by atoms with Crippen LogP contribution in [0.5, 0.6) is 0 Å². The molecule has 1 fully saturated rings. The normalized spacial score (nSPS) is 23.5. The lowest BCUT2D eigenvalue weighted by Crippen LogP contribution is -2.43. The molecule has 38 heavy (non-hydrogen) atoms. The highest BCUT2D eigenvalue weighted by atomic mass is 31.3. The van der Waals surface area contributed by atoms with Crippen LogP contribution >= 0.6 is 23.5 Å². The topological polar surface area (TPSA) is 313 Å². The summed E-state index contributed by atoms with van der Waals surface area (Å²) in [5.41, 5.74) is 5.44. The van der Waals surface area contributed by atoms with E-state index in [2.05, 4.69) is 30.3 Å². The molecule has 1 aliphatic heterocycles. The zero-order valence-corrected chi connectivity index (χ0v) is 21.6. The van der Waals surface area contributed by atoms with E-state index < -0.39 is 77.8 Å². The summed E-state index contributed by atoms with van der Waals surface area (Å²) < 4.78 is 51.9. The van der Waals surface area contributed by atoms with E-state index in [9.17, 15) is 38.6 Å². The van der Waals surface area contributed by atoms with Gasteiger partial charge in [-0.15, -0.1) is 0 Å². The molecule has 1 amide bonds. The molecule has 2 heterocycles. The second-order valence-corrected chi connectivity index (χ2v) is 11.8. The lowest BCUT2D eigenvalue weighted by molar-refractivity contribution is -0.393. The Morgan fingerprint density at radius 1 is 1.29 bits per heavy atom. The van der Waals surface area contributed by atoms with Gasteiger partial charge in [0.05, 0.1) is 37.5 Å². The number of aliphatic hydroxyl groups excluding tert-OH is 2. The Morgan fingerprint density at radius 2 is 1.95 bits per heavy atom. The summed E-state index contributed by atoms with van der Waals surface area (Å²) >= 11 is 0. The molecule has 0 saturated carbocycles. The number of nitrogens with two attached hydrogens (primary N) is 1. The minimum absolute atomic E-state index is 0.118. The molecule has 9 N–H and O–H groups in total. The van der Waals surface area contributed by atoms with Crippen LogP contribution in [0.2, 0.25) is 0 Å². The third-order valence-electron chi connectivity index (χ3n) is 4.46. The van der Waals surface area contributed by atoms with Crippen LogP contribution in [0.25, 0.3) is 0 Å². The van der Waals surface area contributed by atoms with Gasteiger partial charge in [-0.05, 0) is 4.92 Å². The Labute approximate surface area is 212 Å². The average molecular weight is 608 g/mol. The van der Waals surface area contributed by atoms with Gasteiger partial charge in [0.2, 0.25) is 12.1 Å². The fourth-order valence-electron chi connectivity index (χ4n) is 2.91. The predicted octanol–water partition coefficient (Wildman–Crippen LogP) is -1.82. The summed E-state index contributed by atoms with van der Waals surface area (Å²) in [4.78, 5) is 57.9. The molecule has 214 valence electrons. The molecule has 0 radical (unpaired) electrons. The maximum Gasteiger partial charge on any atom is 0.490 e. The number of nitro groups is 1. The van der Waals surface area contributed by atoms with Crippen molar-refractivity contribution < 1.29 is 71.1 Å². The Morgan fingerprint density at radius 3 is 2.53 bits per heavy atom. The fourth-order valence-corrected chi connectivity index (χ4v) is 5.94. The van der Waals surface area contributed by atoms with Crippen LogP contribution in [0.15, 0.2) is 12.3 Å². The van der Waals surface area contributed by atoms with Crippen LogP contribution in [0.1, 0.15) is 18.2 Å². The van der Waals surface area contributed by atoms with Crippen molar-refractivity contribution in [3.8, 4) is 11.8 Å². The maximum absolute atomic E-state index is 11.9. The first kappa shape index (κ1) is 32.2. The second-order valence-electron chi connectivity index (χ2n) is 7.38. The van der Waals surface area contributed by atoms with Gasteiger partial charge in [-0.25, -0.2) is 18.3 Å². The molecule has 0 bridgehead atoms. The lowest BCUT2D eigenvalue weighted by atomic mass is 10.2. The molecule has 0 spiro atoms. The number of phosphoric ester groups is 1. The number of hydrogen-bond acceptors (Lipinski definition) is 13. The Bertz CT molecular complexity index is 1240. The minimum Gasteiger partial charge on any atom is -0.394 e. The number of hydrogen-bond donors (Lipinski definition) is 8. The van der Waals surface area contributed by atoms with Gasteiger partial charge in [-0.1, -0.05) is 11.8 Å². The maximum atomic E-state index is 11.9. The molecule has 20 nitrogen and oxygen atoms in total. The third kappa shape index (κ3) is 9.93. The number of amides is 1. The van der Waals surface area contributed by atoms with Gasteiger partial charge in [-0.2, -0.15) is 8.62 Å². The summed E-state index contributed by atoms with van der Waals surface area (Å²) in [7, 11) is -16.8. The molecule has 1 aliphatic rings. The minimum atomic E-state index is -5.75. The molecular formula is C15H23N4O16P3. The third-order valence-corrected chi connectivity index (χ3v) is 8.27. The summed E-state index contributed by atoms with van der Waals surface area (Å²) in [6.45, 7) is -1.73. The van der Waals surface area contributed by atoms with E-state index in [1.54, 1.807) is 0 Å². The summed E-state index contributed by atoms with van der Waals surface area (Å²) in [6.07, 6.45) is -3.10. The smallest absolute Gasteiger partial charge is 0.394 e. The first-order valence-corrected chi connectivity index (χ1v) is 14.6. The average Bonchev–Trinajstić information content (AvgIpc) is 3.35. The highest BCUT2D eigenvalue weighted by Crippen LogP contribution is 2.66. The number of ether oxygens (including phenoxy) is 1. The molecular weight excluding hydrogens is 585 g/mol. The summed E-state index contributed by atoms with van der Waals surface area (Å²) in [6, 6.07) is -0.0713. The first-order chi connectivity index (χ1) is 17.4. The van der Waals surface area contributed by atoms with Crippen LogP contribution in [-0.2, 0) is 36.4 Å². The van der Waals surface area contributed by atoms with Gasteiger partial charge < -0.3 is 55.7 Å². The van der Waals surface area contributed by atoms with Crippen LogP contribution in [0, 0.1) is 22.0 Å². The number of rotatable bonds is 12. The number of nitrogens with one attached hydrogen (secondary N) is 1. The number of aliphatic hydroxyl groups is 2. The monoisotopic (exact) mass is 608 g/mol. The standard InChI is InChI=1S/C15H23N4O16P3/c16-10(7-20)15(22)17-3-1-2-9-4-13(19(23)24)18(6-9)14-5-11(21)12(33-14)8-32-37(28,29)35-38(30,31)34-36(25,26)27/h4,6,10-12,14,20-21H,3,5,7-8,16H2,(H,17,22)(H,28,29)(H,30,31)(H2,25,26,27)/t10-,11-,12+,14+/m0/s1. The van der Waals surface area contributed by atoms with Crippen molar-refractivity contribution in [3.63, 3.8) is 0 Å². The van der Waals surface area contributed by atoms with Gasteiger partial charge in [-0.3, -0.25) is 9.32 Å². The quantitative estimate of drug-likeness (QED) is 0.0560. The van der Waals surface area contributed by atoms with Gasteiger partial charge in [0.1, 0.15) is 18.3 Å². The van der Waals surface area contributed by atoms with Crippen LogP contribution < -0.4 is 11.1 Å². The van der Waals surface area contributed by atoms with E-state index in [-0.39, 0.29) is 18.5 Å². The van der Waals surface area contributed by atoms with Crippen LogP contribution in [0.3, 0.4) is 0 Å². The lowest BCUT2D eigenvalue weighted by Gasteiger charge is -2.18.